The van der Waals surface area contributed by atoms with Crippen molar-refractivity contribution in [2.45, 2.75) is 27.3 Å². The van der Waals surface area contributed by atoms with E-state index in [-0.39, 0.29) is 5.28 Å². The first-order valence-electron chi connectivity index (χ1n) is 5.35. The van der Waals surface area contributed by atoms with E-state index in [0.29, 0.717) is 0 Å². The highest BCUT2D eigenvalue weighted by Gasteiger charge is 2.04. The fourth-order valence-electron chi connectivity index (χ4n) is 1.51. The maximum Gasteiger partial charge on any atom is 0.224 e. The highest BCUT2D eigenvalue weighted by atomic mass is 35.5. The second kappa shape index (κ2) is 5.02. The summed E-state index contributed by atoms with van der Waals surface area (Å²) in [6, 6.07) is 2.20. The molecule has 0 aliphatic carbocycles. The SMILES string of the molecule is Cc1cnc(Cl)nc1NCc1cc(C)c(C)s1. The molecule has 0 amide bonds. The summed E-state index contributed by atoms with van der Waals surface area (Å²) in [5.41, 5.74) is 2.34. The van der Waals surface area contributed by atoms with Crippen molar-refractivity contribution >= 4 is 28.8 Å². The summed E-state index contributed by atoms with van der Waals surface area (Å²) in [4.78, 5) is 10.8. The number of thiophene rings is 1. The number of nitrogens with one attached hydrogen (secondary N) is 1. The summed E-state index contributed by atoms with van der Waals surface area (Å²) < 4.78 is 0. The van der Waals surface area contributed by atoms with E-state index in [0.717, 1.165) is 17.9 Å². The van der Waals surface area contributed by atoms with Crippen LogP contribution in [-0.2, 0) is 6.54 Å². The molecule has 2 aromatic rings. The topological polar surface area (TPSA) is 37.8 Å². The molecule has 0 saturated carbocycles. The van der Waals surface area contributed by atoms with E-state index >= 15 is 0 Å². The van der Waals surface area contributed by atoms with E-state index in [2.05, 4.69) is 35.2 Å². The highest BCUT2D eigenvalue weighted by molar-refractivity contribution is 7.12. The average Bonchev–Trinajstić information content (AvgIpc) is 2.60. The zero-order valence-corrected chi connectivity index (χ0v) is 11.6. The van der Waals surface area contributed by atoms with Crippen LogP contribution in [0.15, 0.2) is 12.3 Å². The van der Waals surface area contributed by atoms with Gasteiger partial charge in [0.15, 0.2) is 0 Å². The van der Waals surface area contributed by atoms with Gasteiger partial charge in [-0.2, -0.15) is 0 Å². The van der Waals surface area contributed by atoms with Crippen molar-refractivity contribution in [1.29, 1.82) is 0 Å². The minimum absolute atomic E-state index is 0.275. The van der Waals surface area contributed by atoms with Gasteiger partial charge in [0.05, 0.1) is 6.54 Å². The van der Waals surface area contributed by atoms with Gasteiger partial charge in [-0.25, -0.2) is 9.97 Å². The molecule has 0 radical (unpaired) electrons. The third-order valence-corrected chi connectivity index (χ3v) is 3.92. The molecular weight excluding hydrogens is 254 g/mol. The first-order valence-corrected chi connectivity index (χ1v) is 6.54. The number of anilines is 1. The first-order chi connectivity index (χ1) is 8.06. The van der Waals surface area contributed by atoms with Crippen LogP contribution in [0, 0.1) is 20.8 Å². The Morgan fingerprint density at radius 1 is 1.29 bits per heavy atom. The Hall–Kier alpha value is -1.13. The van der Waals surface area contributed by atoms with E-state index in [9.17, 15) is 0 Å². The van der Waals surface area contributed by atoms with Crippen molar-refractivity contribution in [3.05, 3.63) is 38.4 Å². The van der Waals surface area contributed by atoms with Crippen LogP contribution in [0.3, 0.4) is 0 Å². The van der Waals surface area contributed by atoms with Crippen molar-refractivity contribution in [2.75, 3.05) is 5.32 Å². The highest BCUT2D eigenvalue weighted by Crippen LogP contribution is 2.22. The first kappa shape index (κ1) is 12.3. The van der Waals surface area contributed by atoms with Crippen LogP contribution in [-0.4, -0.2) is 9.97 Å². The normalized spacial score (nSPS) is 10.6. The lowest BCUT2D eigenvalue weighted by Crippen LogP contribution is -2.02. The summed E-state index contributed by atoms with van der Waals surface area (Å²) in [6.45, 7) is 7.00. The zero-order chi connectivity index (χ0) is 12.4. The van der Waals surface area contributed by atoms with Gasteiger partial charge in [-0.3, -0.25) is 0 Å². The molecule has 2 aromatic heterocycles. The largest absolute Gasteiger partial charge is 0.365 e. The fraction of sp³-hybridized carbons (Fsp3) is 0.333. The van der Waals surface area contributed by atoms with Gasteiger partial charge in [-0.1, -0.05) is 0 Å². The Kier molecular flexibility index (Phi) is 3.64. The Morgan fingerprint density at radius 2 is 2.06 bits per heavy atom. The number of hydrogen-bond donors (Lipinski definition) is 1. The van der Waals surface area contributed by atoms with Gasteiger partial charge in [0.2, 0.25) is 5.28 Å². The summed E-state index contributed by atoms with van der Waals surface area (Å²) in [6.07, 6.45) is 1.72. The van der Waals surface area contributed by atoms with Crippen LogP contribution >= 0.6 is 22.9 Å². The Labute approximate surface area is 110 Å². The molecule has 0 bridgehead atoms. The molecule has 0 spiro atoms. The van der Waals surface area contributed by atoms with Crippen LogP contribution < -0.4 is 5.32 Å². The van der Waals surface area contributed by atoms with Crippen LogP contribution in [0.25, 0.3) is 0 Å². The van der Waals surface area contributed by atoms with Crippen LogP contribution in [0.1, 0.15) is 20.9 Å². The maximum absolute atomic E-state index is 5.77. The monoisotopic (exact) mass is 267 g/mol. The van der Waals surface area contributed by atoms with Gasteiger partial charge in [0.25, 0.3) is 0 Å². The Morgan fingerprint density at radius 3 is 2.71 bits per heavy atom. The molecule has 3 nitrogen and oxygen atoms in total. The van der Waals surface area contributed by atoms with E-state index in [1.807, 2.05) is 6.92 Å². The quantitative estimate of drug-likeness (QED) is 0.861. The molecule has 0 fully saturated rings. The van der Waals surface area contributed by atoms with E-state index in [1.54, 1.807) is 17.5 Å². The number of rotatable bonds is 3. The number of aromatic nitrogens is 2. The summed E-state index contributed by atoms with van der Waals surface area (Å²) in [7, 11) is 0. The number of aryl methyl sites for hydroxylation is 3. The third kappa shape index (κ3) is 2.96. The van der Waals surface area contributed by atoms with Gasteiger partial charge in [-0.05, 0) is 44.0 Å². The predicted molar refractivity (Wildman–Crippen MR) is 72.9 cm³/mol. The van der Waals surface area contributed by atoms with E-state index in [4.69, 9.17) is 11.6 Å². The van der Waals surface area contributed by atoms with Crippen molar-refractivity contribution in [3.8, 4) is 0 Å². The standard InChI is InChI=1S/C12H14ClN3S/c1-7-4-10(17-9(7)3)6-14-11-8(2)5-15-12(13)16-11/h4-5H,6H2,1-3H3,(H,14,15,16). The average molecular weight is 268 g/mol. The van der Waals surface area contributed by atoms with Crippen LogP contribution in [0.4, 0.5) is 5.82 Å². The molecule has 1 N–H and O–H groups in total. The van der Waals surface area contributed by atoms with Gasteiger partial charge in [0.1, 0.15) is 5.82 Å². The summed E-state index contributed by atoms with van der Waals surface area (Å²) in [5.74, 6) is 0.800. The van der Waals surface area contributed by atoms with E-state index < -0.39 is 0 Å². The van der Waals surface area contributed by atoms with Gasteiger partial charge in [-0.15, -0.1) is 11.3 Å². The molecule has 17 heavy (non-hydrogen) atoms. The molecule has 5 heteroatoms. The molecule has 2 heterocycles. The molecule has 0 unspecified atom stereocenters. The molecule has 0 aliphatic rings. The number of halogens is 1. The van der Waals surface area contributed by atoms with Crippen molar-refractivity contribution in [1.82, 2.24) is 9.97 Å². The molecule has 0 atom stereocenters. The molecule has 0 aromatic carbocycles. The van der Waals surface area contributed by atoms with Crippen molar-refractivity contribution in [3.63, 3.8) is 0 Å². The maximum atomic E-state index is 5.77. The molecular formula is C12H14ClN3S. The van der Waals surface area contributed by atoms with Gasteiger partial charge in [0, 0.05) is 21.5 Å². The Bertz CT molecular complexity index is 517. The lowest BCUT2D eigenvalue weighted by Gasteiger charge is -2.06. The lowest BCUT2D eigenvalue weighted by atomic mass is 10.3. The number of hydrogen-bond acceptors (Lipinski definition) is 4. The zero-order valence-electron chi connectivity index (χ0n) is 10.0. The van der Waals surface area contributed by atoms with Crippen LogP contribution in [0.2, 0.25) is 5.28 Å². The van der Waals surface area contributed by atoms with Gasteiger partial charge < -0.3 is 5.32 Å². The van der Waals surface area contributed by atoms with Gasteiger partial charge >= 0.3 is 0 Å². The van der Waals surface area contributed by atoms with E-state index in [1.165, 1.54) is 15.3 Å². The Balaban J connectivity index is 2.09. The second-order valence-corrected chi connectivity index (χ2v) is 5.66. The second-order valence-electron chi connectivity index (χ2n) is 3.98. The van der Waals surface area contributed by atoms with Crippen molar-refractivity contribution < 1.29 is 0 Å². The third-order valence-electron chi connectivity index (χ3n) is 2.59. The summed E-state index contributed by atoms with van der Waals surface area (Å²) in [5, 5.41) is 3.56. The summed E-state index contributed by atoms with van der Waals surface area (Å²) >= 11 is 7.57. The minimum Gasteiger partial charge on any atom is -0.365 e. The molecule has 2 rings (SSSR count). The smallest absolute Gasteiger partial charge is 0.224 e. The van der Waals surface area contributed by atoms with Crippen LogP contribution in [0.5, 0.6) is 0 Å². The molecule has 90 valence electrons. The number of nitrogens with zero attached hydrogens (tertiary/aromatic N) is 2. The molecule has 0 saturated heterocycles. The lowest BCUT2D eigenvalue weighted by molar-refractivity contribution is 1.07. The van der Waals surface area contributed by atoms with Crippen molar-refractivity contribution in [2.24, 2.45) is 0 Å². The predicted octanol–water partition coefficient (Wildman–Crippen LogP) is 3.73. The fourth-order valence-corrected chi connectivity index (χ4v) is 2.63. The molecule has 0 aliphatic heterocycles. The minimum atomic E-state index is 0.275.